The van der Waals surface area contributed by atoms with Gasteiger partial charge < -0.3 is 31.6 Å². The summed E-state index contributed by atoms with van der Waals surface area (Å²) in [6.45, 7) is 2.42. The maximum atomic E-state index is 14.8. The van der Waals surface area contributed by atoms with Crippen molar-refractivity contribution in [3.05, 3.63) is 47.4 Å². The first-order valence-corrected chi connectivity index (χ1v) is 9.15. The van der Waals surface area contributed by atoms with Gasteiger partial charge in [-0.05, 0) is 36.8 Å². The Labute approximate surface area is 169 Å². The number of nitrogen functional groups attached to an aromatic ring is 1. The number of carbonyl (C=O) groups is 1. The summed E-state index contributed by atoms with van der Waals surface area (Å²) >= 11 is 0. The molecule has 2 aromatic rings. The Morgan fingerprint density at radius 3 is 2.48 bits per heavy atom. The van der Waals surface area contributed by atoms with E-state index in [2.05, 4.69) is 10.6 Å². The Morgan fingerprint density at radius 2 is 1.90 bits per heavy atom. The summed E-state index contributed by atoms with van der Waals surface area (Å²) in [5.41, 5.74) is 13.7. The van der Waals surface area contributed by atoms with Gasteiger partial charge in [-0.3, -0.25) is 4.79 Å². The number of methoxy groups -OCH3 is 2. The number of hydrogen-bond donors (Lipinski definition) is 4. The lowest BCUT2D eigenvalue weighted by molar-refractivity contribution is -0.117. The predicted molar refractivity (Wildman–Crippen MR) is 113 cm³/mol. The summed E-state index contributed by atoms with van der Waals surface area (Å²) in [6, 6.07) is 7.76. The molecule has 0 unspecified atom stereocenters. The molecule has 0 spiro atoms. The first kappa shape index (κ1) is 21.9. The van der Waals surface area contributed by atoms with E-state index in [0.29, 0.717) is 34.9 Å². The number of hydrogen-bond acceptors (Lipinski definition) is 6. The minimum absolute atomic E-state index is 0.0391. The fourth-order valence-electron chi connectivity index (χ4n) is 2.96. The molecule has 29 heavy (non-hydrogen) atoms. The molecule has 0 aliphatic rings. The molecule has 0 fully saturated rings. The molecule has 0 aliphatic carbocycles. The quantitative estimate of drug-likeness (QED) is 0.399. The average molecular weight is 402 g/mol. The van der Waals surface area contributed by atoms with Crippen molar-refractivity contribution < 1.29 is 18.7 Å². The normalized spacial score (nSPS) is 11.5. The number of carbonyl (C=O) groups excluding carboxylic acids is 1. The highest BCUT2D eigenvalue weighted by Gasteiger charge is 2.21. The van der Waals surface area contributed by atoms with E-state index in [1.54, 1.807) is 25.2 Å². The monoisotopic (exact) mass is 402 g/mol. The van der Waals surface area contributed by atoms with Crippen LogP contribution in [0.25, 0.3) is 16.8 Å². The van der Waals surface area contributed by atoms with Gasteiger partial charge in [-0.25, -0.2) is 4.39 Å². The highest BCUT2D eigenvalue weighted by molar-refractivity contribution is 6.02. The van der Waals surface area contributed by atoms with Crippen molar-refractivity contribution in [2.45, 2.75) is 13.3 Å². The van der Waals surface area contributed by atoms with Crippen LogP contribution < -0.4 is 31.6 Å². The molecule has 0 heterocycles. The molecular weight excluding hydrogens is 375 g/mol. The molecular formula is C21H27FN4O3. The lowest BCUT2D eigenvalue weighted by Gasteiger charge is -2.18. The van der Waals surface area contributed by atoms with Crippen LogP contribution in [-0.4, -0.2) is 33.7 Å². The van der Waals surface area contributed by atoms with E-state index >= 15 is 0 Å². The van der Waals surface area contributed by atoms with Gasteiger partial charge in [0.15, 0.2) is 0 Å². The Hall–Kier alpha value is -3.42. The first-order chi connectivity index (χ1) is 13.9. The topological polar surface area (TPSA) is 112 Å². The van der Waals surface area contributed by atoms with Crippen LogP contribution in [0.2, 0.25) is 0 Å². The van der Waals surface area contributed by atoms with E-state index < -0.39 is 11.7 Å². The van der Waals surface area contributed by atoms with E-state index in [1.165, 1.54) is 26.4 Å². The third-order valence-corrected chi connectivity index (χ3v) is 4.44. The smallest absolute Gasteiger partial charge is 0.269 e. The molecule has 156 valence electrons. The number of anilines is 1. The number of rotatable bonds is 8. The Bertz CT molecular complexity index is 928. The summed E-state index contributed by atoms with van der Waals surface area (Å²) in [5, 5.41) is 5.61. The zero-order valence-electron chi connectivity index (χ0n) is 17.1. The van der Waals surface area contributed by atoms with Crippen LogP contribution >= 0.6 is 0 Å². The second-order valence-electron chi connectivity index (χ2n) is 6.24. The minimum atomic E-state index is -0.540. The summed E-state index contributed by atoms with van der Waals surface area (Å²) in [6.07, 6.45) is 0.770. The van der Waals surface area contributed by atoms with Gasteiger partial charge in [-0.2, -0.15) is 0 Å². The largest absolute Gasteiger partial charge is 0.497 e. The van der Waals surface area contributed by atoms with Gasteiger partial charge in [0, 0.05) is 30.3 Å². The lowest BCUT2D eigenvalue weighted by atomic mass is 9.96. The fourth-order valence-corrected chi connectivity index (χ4v) is 2.96. The molecule has 2 aromatic carbocycles. The van der Waals surface area contributed by atoms with Gasteiger partial charge in [-0.15, -0.1) is 0 Å². The van der Waals surface area contributed by atoms with Gasteiger partial charge in [-0.1, -0.05) is 6.92 Å². The summed E-state index contributed by atoms with van der Waals surface area (Å²) in [7, 11) is 4.61. The van der Waals surface area contributed by atoms with Gasteiger partial charge in [0.1, 0.15) is 23.0 Å². The molecule has 0 aliphatic heterocycles. The molecule has 0 saturated heterocycles. The standard InChI is InChI=1S/C21H27FN4O3/c1-5-10-26-21(27)19(24)20(25-2)13-7-8-15(22)17(18(13)23)14-11-12(28-3)6-9-16(14)29-4/h6-9,11,25H,5,10,23-24H2,1-4H3,(H,26,27)/b20-19+. The molecule has 0 atom stereocenters. The van der Waals surface area contributed by atoms with Gasteiger partial charge in [0.2, 0.25) is 0 Å². The van der Waals surface area contributed by atoms with E-state index in [1.807, 2.05) is 6.92 Å². The molecule has 0 bridgehead atoms. The predicted octanol–water partition coefficient (Wildman–Crippen LogP) is 2.47. The van der Waals surface area contributed by atoms with Crippen LogP contribution in [0, 0.1) is 5.82 Å². The van der Waals surface area contributed by atoms with E-state index in [-0.39, 0.29) is 16.9 Å². The summed E-state index contributed by atoms with van der Waals surface area (Å²) < 4.78 is 25.5. The van der Waals surface area contributed by atoms with Crippen molar-refractivity contribution in [1.29, 1.82) is 0 Å². The maximum absolute atomic E-state index is 14.8. The van der Waals surface area contributed by atoms with Gasteiger partial charge >= 0.3 is 0 Å². The molecule has 0 aromatic heterocycles. The summed E-state index contributed by atoms with van der Waals surface area (Å²) in [4.78, 5) is 12.3. The highest BCUT2D eigenvalue weighted by Crippen LogP contribution is 2.40. The number of ether oxygens (including phenoxy) is 2. The molecule has 1 amide bonds. The number of nitrogens with one attached hydrogen (secondary N) is 2. The van der Waals surface area contributed by atoms with Crippen LogP contribution in [-0.2, 0) is 4.79 Å². The third kappa shape index (κ3) is 4.53. The Balaban J connectivity index is 2.69. The van der Waals surface area contributed by atoms with Crippen molar-refractivity contribution in [3.8, 4) is 22.6 Å². The van der Waals surface area contributed by atoms with Gasteiger partial charge in [0.05, 0.1) is 25.6 Å². The van der Waals surface area contributed by atoms with Crippen molar-refractivity contribution >= 4 is 17.3 Å². The zero-order chi connectivity index (χ0) is 21.6. The molecule has 0 radical (unpaired) electrons. The van der Waals surface area contributed by atoms with Crippen LogP contribution in [0.5, 0.6) is 11.5 Å². The second kappa shape index (κ2) is 9.68. The first-order valence-electron chi connectivity index (χ1n) is 9.15. The molecule has 2 rings (SSSR count). The molecule has 6 N–H and O–H groups in total. The van der Waals surface area contributed by atoms with Crippen molar-refractivity contribution in [3.63, 3.8) is 0 Å². The van der Waals surface area contributed by atoms with E-state index in [9.17, 15) is 9.18 Å². The van der Waals surface area contributed by atoms with Crippen molar-refractivity contribution in [2.24, 2.45) is 5.73 Å². The van der Waals surface area contributed by atoms with E-state index in [0.717, 1.165) is 6.42 Å². The highest BCUT2D eigenvalue weighted by atomic mass is 19.1. The lowest BCUT2D eigenvalue weighted by Crippen LogP contribution is -2.32. The summed E-state index contributed by atoms with van der Waals surface area (Å²) in [5.74, 6) is -0.0206. The minimum Gasteiger partial charge on any atom is -0.497 e. The van der Waals surface area contributed by atoms with Crippen LogP contribution in [0.15, 0.2) is 36.0 Å². The third-order valence-electron chi connectivity index (χ3n) is 4.44. The SMILES string of the molecule is CCCNC(=O)/C(N)=C(\NC)c1ccc(F)c(-c2cc(OC)ccc2OC)c1N. The van der Waals surface area contributed by atoms with Gasteiger partial charge in [0.25, 0.3) is 5.91 Å². The van der Waals surface area contributed by atoms with E-state index in [4.69, 9.17) is 20.9 Å². The Kier molecular flexibility index (Phi) is 7.30. The number of amides is 1. The maximum Gasteiger partial charge on any atom is 0.269 e. The van der Waals surface area contributed by atoms with Crippen LogP contribution in [0.4, 0.5) is 10.1 Å². The number of nitrogens with two attached hydrogens (primary N) is 2. The van der Waals surface area contributed by atoms with Crippen LogP contribution in [0.1, 0.15) is 18.9 Å². The number of benzene rings is 2. The molecule has 8 heteroatoms. The van der Waals surface area contributed by atoms with Crippen LogP contribution in [0.3, 0.4) is 0 Å². The number of halogens is 1. The van der Waals surface area contributed by atoms with Crippen molar-refractivity contribution in [1.82, 2.24) is 10.6 Å². The molecule has 0 saturated carbocycles. The van der Waals surface area contributed by atoms with Crippen molar-refractivity contribution in [2.75, 3.05) is 33.5 Å². The Morgan fingerprint density at radius 1 is 1.17 bits per heavy atom. The second-order valence-corrected chi connectivity index (χ2v) is 6.24. The fraction of sp³-hybridized carbons (Fsp3) is 0.286. The molecule has 7 nitrogen and oxygen atoms in total. The zero-order valence-corrected chi connectivity index (χ0v) is 17.1. The average Bonchev–Trinajstić information content (AvgIpc) is 2.73.